The van der Waals surface area contributed by atoms with Crippen LogP contribution in [0.4, 0.5) is 0 Å². The van der Waals surface area contributed by atoms with Gasteiger partial charge in [-0.15, -0.1) is 0 Å². The second-order valence-electron chi connectivity index (χ2n) is 4.30. The van der Waals surface area contributed by atoms with E-state index in [-0.39, 0.29) is 6.42 Å². The number of hydrogen-bond donors (Lipinski definition) is 1. The summed E-state index contributed by atoms with van der Waals surface area (Å²) in [5.41, 5.74) is 0.457. The van der Waals surface area contributed by atoms with Gasteiger partial charge in [-0.1, -0.05) is 35.8 Å². The van der Waals surface area contributed by atoms with E-state index < -0.39 is 11.4 Å². The fraction of sp³-hybridized carbons (Fsp3) is 0.417. The lowest BCUT2D eigenvalue weighted by Gasteiger charge is -2.25. The van der Waals surface area contributed by atoms with Gasteiger partial charge in [-0.2, -0.15) is 0 Å². The van der Waals surface area contributed by atoms with Gasteiger partial charge in [0.15, 0.2) is 0 Å². The molecule has 0 aliphatic carbocycles. The van der Waals surface area contributed by atoms with Crippen LogP contribution in [-0.2, 0) is 10.2 Å². The van der Waals surface area contributed by atoms with Crippen molar-refractivity contribution in [2.24, 2.45) is 0 Å². The minimum Gasteiger partial charge on any atom is -0.496 e. The molecule has 4 heteroatoms. The molecule has 0 aliphatic heterocycles. The molecular formula is C12H15BrO3. The van der Waals surface area contributed by atoms with E-state index in [0.717, 1.165) is 10.0 Å². The van der Waals surface area contributed by atoms with Crippen molar-refractivity contribution in [1.82, 2.24) is 0 Å². The lowest BCUT2D eigenvalue weighted by Crippen LogP contribution is -2.22. The van der Waals surface area contributed by atoms with Gasteiger partial charge in [0.25, 0.3) is 0 Å². The van der Waals surface area contributed by atoms with Crippen molar-refractivity contribution in [1.29, 1.82) is 0 Å². The van der Waals surface area contributed by atoms with Gasteiger partial charge in [0, 0.05) is 15.5 Å². The number of ether oxygens (including phenoxy) is 1. The molecule has 0 aromatic heterocycles. The molecule has 16 heavy (non-hydrogen) atoms. The van der Waals surface area contributed by atoms with Crippen LogP contribution < -0.4 is 4.74 Å². The third-order valence-corrected chi connectivity index (χ3v) is 2.98. The molecule has 0 spiro atoms. The fourth-order valence-corrected chi connectivity index (χ4v) is 2.04. The molecule has 0 amide bonds. The molecule has 0 bridgehead atoms. The first-order valence-corrected chi connectivity index (χ1v) is 5.72. The molecule has 0 atom stereocenters. The Bertz CT molecular complexity index is 399. The molecule has 0 aliphatic rings. The maximum absolute atomic E-state index is 10.8. The highest BCUT2D eigenvalue weighted by molar-refractivity contribution is 9.10. The molecule has 1 N–H and O–H groups in total. The summed E-state index contributed by atoms with van der Waals surface area (Å²) in [5.74, 6) is -0.101. The Balaban J connectivity index is 3.15. The normalized spacial score (nSPS) is 11.2. The number of halogens is 1. The summed E-state index contributed by atoms with van der Waals surface area (Å²) >= 11 is 3.36. The number of rotatable bonds is 4. The molecule has 0 heterocycles. The summed E-state index contributed by atoms with van der Waals surface area (Å²) in [5, 5.41) is 8.88. The Morgan fingerprint density at radius 3 is 2.62 bits per heavy atom. The van der Waals surface area contributed by atoms with Crippen LogP contribution in [0, 0.1) is 0 Å². The number of carboxylic acids is 1. The number of hydrogen-bond acceptors (Lipinski definition) is 2. The molecule has 0 unspecified atom stereocenters. The first-order chi connectivity index (χ1) is 7.36. The summed E-state index contributed by atoms with van der Waals surface area (Å²) in [7, 11) is 1.59. The third kappa shape index (κ3) is 2.98. The Kier molecular flexibility index (Phi) is 3.97. The molecule has 1 rings (SSSR count). The first-order valence-electron chi connectivity index (χ1n) is 4.92. The topological polar surface area (TPSA) is 46.5 Å². The smallest absolute Gasteiger partial charge is 0.304 e. The number of carbonyl (C=O) groups is 1. The van der Waals surface area contributed by atoms with Crippen molar-refractivity contribution in [3.63, 3.8) is 0 Å². The quantitative estimate of drug-likeness (QED) is 0.925. The summed E-state index contributed by atoms with van der Waals surface area (Å²) < 4.78 is 6.19. The van der Waals surface area contributed by atoms with Crippen molar-refractivity contribution in [3.8, 4) is 5.75 Å². The number of benzene rings is 1. The van der Waals surface area contributed by atoms with Crippen molar-refractivity contribution in [3.05, 3.63) is 28.2 Å². The van der Waals surface area contributed by atoms with E-state index in [4.69, 9.17) is 9.84 Å². The summed E-state index contributed by atoms with van der Waals surface area (Å²) in [6.45, 7) is 3.79. The van der Waals surface area contributed by atoms with E-state index in [9.17, 15) is 4.79 Å². The van der Waals surface area contributed by atoms with Gasteiger partial charge in [0.1, 0.15) is 5.75 Å². The zero-order chi connectivity index (χ0) is 12.3. The number of aliphatic carboxylic acids is 1. The lowest BCUT2D eigenvalue weighted by molar-refractivity contribution is -0.138. The summed E-state index contributed by atoms with van der Waals surface area (Å²) in [4.78, 5) is 10.8. The number of carboxylic acid groups (broad SMARTS) is 1. The lowest BCUT2D eigenvalue weighted by atomic mass is 9.81. The van der Waals surface area contributed by atoms with E-state index in [1.54, 1.807) is 7.11 Å². The summed E-state index contributed by atoms with van der Waals surface area (Å²) in [6, 6.07) is 5.63. The van der Waals surface area contributed by atoms with Crippen LogP contribution in [0.15, 0.2) is 22.7 Å². The minimum absolute atomic E-state index is 0.0744. The van der Waals surface area contributed by atoms with Crippen molar-refractivity contribution < 1.29 is 14.6 Å². The largest absolute Gasteiger partial charge is 0.496 e. The van der Waals surface area contributed by atoms with Crippen LogP contribution in [0.2, 0.25) is 0 Å². The highest BCUT2D eigenvalue weighted by Gasteiger charge is 2.27. The van der Waals surface area contributed by atoms with Crippen LogP contribution in [0.3, 0.4) is 0 Å². The predicted molar refractivity (Wildman–Crippen MR) is 66.0 cm³/mol. The van der Waals surface area contributed by atoms with Crippen LogP contribution in [0.1, 0.15) is 25.8 Å². The zero-order valence-corrected chi connectivity index (χ0v) is 11.2. The van der Waals surface area contributed by atoms with Gasteiger partial charge in [-0.25, -0.2) is 0 Å². The highest BCUT2D eigenvalue weighted by Crippen LogP contribution is 2.35. The van der Waals surface area contributed by atoms with E-state index in [1.807, 2.05) is 32.0 Å². The van der Waals surface area contributed by atoms with Gasteiger partial charge < -0.3 is 9.84 Å². The molecular weight excluding hydrogens is 272 g/mol. The molecule has 88 valence electrons. The van der Waals surface area contributed by atoms with Gasteiger partial charge >= 0.3 is 5.97 Å². The van der Waals surface area contributed by atoms with Crippen LogP contribution in [-0.4, -0.2) is 18.2 Å². The zero-order valence-electron chi connectivity index (χ0n) is 9.58. The SMILES string of the molecule is COc1cc(Br)ccc1C(C)(C)CC(=O)O. The van der Waals surface area contributed by atoms with Gasteiger partial charge in [0.2, 0.25) is 0 Å². The average Bonchev–Trinajstić information content (AvgIpc) is 2.15. The van der Waals surface area contributed by atoms with E-state index in [0.29, 0.717) is 5.75 Å². The fourth-order valence-electron chi connectivity index (χ4n) is 1.70. The second-order valence-corrected chi connectivity index (χ2v) is 5.21. The molecule has 1 aromatic carbocycles. The predicted octanol–water partition coefficient (Wildman–Crippen LogP) is 3.21. The van der Waals surface area contributed by atoms with Gasteiger partial charge in [-0.3, -0.25) is 4.79 Å². The van der Waals surface area contributed by atoms with Crippen LogP contribution in [0.5, 0.6) is 5.75 Å². The maximum Gasteiger partial charge on any atom is 0.304 e. The molecule has 3 nitrogen and oxygen atoms in total. The van der Waals surface area contributed by atoms with Crippen LogP contribution in [0.25, 0.3) is 0 Å². The number of methoxy groups -OCH3 is 1. The van der Waals surface area contributed by atoms with Gasteiger partial charge in [0.05, 0.1) is 13.5 Å². The Hall–Kier alpha value is -1.03. The van der Waals surface area contributed by atoms with Crippen molar-refractivity contribution in [2.75, 3.05) is 7.11 Å². The third-order valence-electron chi connectivity index (χ3n) is 2.49. The molecule has 0 saturated carbocycles. The summed E-state index contributed by atoms with van der Waals surface area (Å²) in [6.07, 6.45) is 0.0744. The Morgan fingerprint density at radius 2 is 2.12 bits per heavy atom. The average molecular weight is 287 g/mol. The van der Waals surface area contributed by atoms with E-state index in [1.165, 1.54) is 0 Å². The first kappa shape index (κ1) is 13.0. The molecule has 0 radical (unpaired) electrons. The molecule has 0 saturated heterocycles. The standard InChI is InChI=1S/C12H15BrO3/c1-12(2,7-11(14)15)9-5-4-8(13)6-10(9)16-3/h4-6H,7H2,1-3H3,(H,14,15). The van der Waals surface area contributed by atoms with Crippen molar-refractivity contribution >= 4 is 21.9 Å². The molecule has 0 fully saturated rings. The second kappa shape index (κ2) is 4.87. The highest BCUT2D eigenvalue weighted by atomic mass is 79.9. The van der Waals surface area contributed by atoms with Crippen molar-refractivity contribution in [2.45, 2.75) is 25.7 Å². The monoisotopic (exact) mass is 286 g/mol. The van der Waals surface area contributed by atoms with Crippen LogP contribution >= 0.6 is 15.9 Å². The van der Waals surface area contributed by atoms with E-state index in [2.05, 4.69) is 15.9 Å². The Labute approximate surface area is 104 Å². The van der Waals surface area contributed by atoms with Gasteiger partial charge in [-0.05, 0) is 12.1 Å². The molecule has 1 aromatic rings. The minimum atomic E-state index is -0.810. The van der Waals surface area contributed by atoms with E-state index >= 15 is 0 Å². The maximum atomic E-state index is 10.8. The Morgan fingerprint density at radius 1 is 1.50 bits per heavy atom.